The second-order valence-electron chi connectivity index (χ2n) is 7.88. The van der Waals surface area contributed by atoms with Gasteiger partial charge in [-0.25, -0.2) is 0 Å². The first-order valence-corrected chi connectivity index (χ1v) is 10.7. The van der Waals surface area contributed by atoms with Crippen LogP contribution < -0.4 is 23.7 Å². The van der Waals surface area contributed by atoms with Crippen molar-refractivity contribution >= 4 is 17.8 Å². The Hall–Kier alpha value is -4.26. The minimum Gasteiger partial charge on any atom is -0.496 e. The molecule has 0 bridgehead atoms. The van der Waals surface area contributed by atoms with Gasteiger partial charge in [0.05, 0.1) is 33.3 Å². The summed E-state index contributed by atoms with van der Waals surface area (Å²) < 4.78 is 27.8. The third kappa shape index (κ3) is 3.55. The van der Waals surface area contributed by atoms with Crippen LogP contribution in [0.3, 0.4) is 0 Å². The van der Waals surface area contributed by atoms with E-state index in [-0.39, 0.29) is 29.9 Å². The van der Waals surface area contributed by atoms with Crippen molar-refractivity contribution in [3.05, 3.63) is 82.6 Å². The molecule has 0 aliphatic carbocycles. The highest BCUT2D eigenvalue weighted by Gasteiger charge is 2.38. The molecule has 7 heteroatoms. The number of hydrogen-bond donors (Lipinski definition) is 0. The Morgan fingerprint density at radius 1 is 0.853 bits per heavy atom. The molecule has 0 radical (unpaired) electrons. The molecular formula is C27H22O7. The smallest absolute Gasteiger partial charge is 0.312 e. The van der Waals surface area contributed by atoms with Crippen molar-refractivity contribution in [2.75, 3.05) is 21.3 Å². The third-order valence-corrected chi connectivity index (χ3v) is 6.02. The van der Waals surface area contributed by atoms with E-state index in [1.165, 1.54) is 0 Å². The molecule has 0 unspecified atom stereocenters. The molecule has 2 aliphatic heterocycles. The van der Waals surface area contributed by atoms with E-state index in [1.807, 2.05) is 36.4 Å². The molecule has 0 spiro atoms. The second kappa shape index (κ2) is 8.59. The van der Waals surface area contributed by atoms with Gasteiger partial charge in [0.1, 0.15) is 17.2 Å². The van der Waals surface area contributed by atoms with Crippen molar-refractivity contribution in [3.63, 3.8) is 0 Å². The van der Waals surface area contributed by atoms with E-state index in [1.54, 1.807) is 45.6 Å². The van der Waals surface area contributed by atoms with Gasteiger partial charge in [-0.15, -0.1) is 0 Å². The van der Waals surface area contributed by atoms with Gasteiger partial charge in [-0.3, -0.25) is 9.59 Å². The molecule has 0 saturated carbocycles. The number of carbonyl (C=O) groups excluding carboxylic acids is 2. The SMILES string of the molecule is COc1ccccc1/C=C1\Oc2c(ccc3c2[C@H](c2ccc(OC)c(OC)c2)CC(=O)O3)C1=O. The van der Waals surface area contributed by atoms with Gasteiger partial charge >= 0.3 is 5.97 Å². The van der Waals surface area contributed by atoms with Crippen LogP contribution >= 0.6 is 0 Å². The van der Waals surface area contributed by atoms with Crippen LogP contribution in [-0.2, 0) is 4.79 Å². The lowest BCUT2D eigenvalue weighted by Crippen LogP contribution is -2.21. The summed E-state index contributed by atoms with van der Waals surface area (Å²) in [6.45, 7) is 0. The fourth-order valence-electron chi connectivity index (χ4n) is 4.39. The predicted octanol–water partition coefficient (Wildman–Crippen LogP) is 4.77. The molecule has 5 rings (SSSR count). The summed E-state index contributed by atoms with van der Waals surface area (Å²) in [5.74, 6) is 1.71. The number of carbonyl (C=O) groups is 2. The largest absolute Gasteiger partial charge is 0.496 e. The molecule has 34 heavy (non-hydrogen) atoms. The number of para-hydroxylation sites is 1. The van der Waals surface area contributed by atoms with Crippen molar-refractivity contribution in [2.24, 2.45) is 0 Å². The van der Waals surface area contributed by atoms with E-state index >= 15 is 0 Å². The fourth-order valence-corrected chi connectivity index (χ4v) is 4.39. The summed E-state index contributed by atoms with van der Waals surface area (Å²) >= 11 is 0. The van der Waals surface area contributed by atoms with Crippen LogP contribution in [0.2, 0.25) is 0 Å². The van der Waals surface area contributed by atoms with E-state index in [9.17, 15) is 9.59 Å². The first-order valence-electron chi connectivity index (χ1n) is 10.7. The molecule has 2 heterocycles. The van der Waals surface area contributed by atoms with E-state index in [4.69, 9.17) is 23.7 Å². The Bertz CT molecular complexity index is 1340. The Morgan fingerprint density at radius 2 is 1.62 bits per heavy atom. The van der Waals surface area contributed by atoms with Gasteiger partial charge < -0.3 is 23.7 Å². The minimum atomic E-state index is -0.385. The maximum Gasteiger partial charge on any atom is 0.312 e. The summed E-state index contributed by atoms with van der Waals surface area (Å²) in [7, 11) is 4.69. The third-order valence-electron chi connectivity index (χ3n) is 6.02. The predicted molar refractivity (Wildman–Crippen MR) is 124 cm³/mol. The van der Waals surface area contributed by atoms with Gasteiger partial charge in [-0.05, 0) is 42.0 Å². The number of ether oxygens (including phenoxy) is 5. The van der Waals surface area contributed by atoms with Crippen molar-refractivity contribution < 1.29 is 33.3 Å². The maximum atomic E-state index is 13.2. The quantitative estimate of drug-likeness (QED) is 0.310. The molecule has 0 saturated heterocycles. The maximum absolute atomic E-state index is 13.2. The van der Waals surface area contributed by atoms with Gasteiger partial charge in [0.25, 0.3) is 0 Å². The molecule has 3 aromatic carbocycles. The molecule has 0 N–H and O–H groups in total. The topological polar surface area (TPSA) is 80.3 Å². The lowest BCUT2D eigenvalue weighted by molar-refractivity contribution is -0.135. The molecule has 2 aliphatic rings. The van der Waals surface area contributed by atoms with Crippen LogP contribution in [0.5, 0.6) is 28.7 Å². The number of benzene rings is 3. The Kier molecular flexibility index (Phi) is 5.45. The summed E-state index contributed by atoms with van der Waals surface area (Å²) in [6.07, 6.45) is 1.76. The Balaban J connectivity index is 1.61. The Morgan fingerprint density at radius 3 is 2.38 bits per heavy atom. The highest BCUT2D eigenvalue weighted by atomic mass is 16.5. The molecular weight excluding hydrogens is 436 g/mol. The molecule has 0 fully saturated rings. The van der Waals surface area contributed by atoms with E-state index in [0.717, 1.165) is 11.1 Å². The zero-order valence-electron chi connectivity index (χ0n) is 18.9. The summed E-state index contributed by atoms with van der Waals surface area (Å²) in [4.78, 5) is 25.6. The van der Waals surface area contributed by atoms with Crippen LogP contribution in [0, 0.1) is 0 Å². The van der Waals surface area contributed by atoms with Crippen molar-refractivity contribution in [3.8, 4) is 28.7 Å². The highest BCUT2D eigenvalue weighted by molar-refractivity contribution is 6.15. The number of Topliss-reactive ketones (excluding diaryl/α,β-unsaturated/α-hetero) is 1. The van der Waals surface area contributed by atoms with E-state index in [2.05, 4.69) is 0 Å². The van der Waals surface area contributed by atoms with Crippen molar-refractivity contribution in [1.29, 1.82) is 0 Å². The van der Waals surface area contributed by atoms with Crippen LogP contribution in [0.15, 0.2) is 60.4 Å². The van der Waals surface area contributed by atoms with Crippen LogP contribution in [0.1, 0.15) is 39.4 Å². The molecule has 1 atom stereocenters. The number of fused-ring (bicyclic) bond motifs is 3. The second-order valence-corrected chi connectivity index (χ2v) is 7.88. The number of rotatable bonds is 5. The lowest BCUT2D eigenvalue weighted by atomic mass is 9.84. The zero-order chi connectivity index (χ0) is 23.8. The van der Waals surface area contributed by atoms with Crippen molar-refractivity contribution in [1.82, 2.24) is 0 Å². The van der Waals surface area contributed by atoms with Gasteiger partial charge in [-0.2, -0.15) is 0 Å². The first kappa shape index (κ1) is 21.6. The van der Waals surface area contributed by atoms with Gasteiger partial charge in [0, 0.05) is 17.0 Å². The average Bonchev–Trinajstić information content (AvgIpc) is 3.18. The Labute approximate surface area is 196 Å². The summed E-state index contributed by atoms with van der Waals surface area (Å²) in [6, 6.07) is 16.1. The van der Waals surface area contributed by atoms with E-state index < -0.39 is 0 Å². The first-order chi connectivity index (χ1) is 16.5. The molecule has 0 amide bonds. The molecule has 0 aromatic heterocycles. The van der Waals surface area contributed by atoms with Crippen LogP contribution in [0.4, 0.5) is 0 Å². The average molecular weight is 458 g/mol. The highest BCUT2D eigenvalue weighted by Crippen LogP contribution is 2.49. The van der Waals surface area contributed by atoms with Gasteiger partial charge in [0.15, 0.2) is 17.3 Å². The van der Waals surface area contributed by atoms with Crippen LogP contribution in [0.25, 0.3) is 6.08 Å². The summed E-state index contributed by atoms with van der Waals surface area (Å²) in [5.41, 5.74) is 2.62. The zero-order valence-corrected chi connectivity index (χ0v) is 18.9. The van der Waals surface area contributed by atoms with Crippen molar-refractivity contribution in [2.45, 2.75) is 12.3 Å². The normalized spacial score (nSPS) is 17.5. The number of hydrogen-bond acceptors (Lipinski definition) is 7. The number of allylic oxidation sites excluding steroid dienone is 1. The monoisotopic (exact) mass is 458 g/mol. The summed E-state index contributed by atoms with van der Waals surface area (Å²) in [5, 5.41) is 0. The standard InChI is InChI=1S/C27H22O7/c1-30-19-7-5-4-6-16(19)13-23-26(29)17-9-11-21-25(27(17)34-23)18(14-24(28)33-21)15-8-10-20(31-2)22(12-15)32-3/h4-13,18H,14H2,1-3H3/b23-13-/t18-/m0/s1. The van der Waals surface area contributed by atoms with Gasteiger partial charge in [-0.1, -0.05) is 24.3 Å². The molecule has 3 aromatic rings. The fraction of sp³-hybridized carbons (Fsp3) is 0.185. The number of esters is 1. The minimum absolute atomic E-state index is 0.0992. The van der Waals surface area contributed by atoms with Gasteiger partial charge in [0.2, 0.25) is 5.78 Å². The van der Waals surface area contributed by atoms with Crippen LogP contribution in [-0.4, -0.2) is 33.1 Å². The molecule has 172 valence electrons. The number of methoxy groups -OCH3 is 3. The number of ketones is 1. The lowest BCUT2D eigenvalue weighted by Gasteiger charge is -2.26. The molecule has 7 nitrogen and oxygen atoms in total. The van der Waals surface area contributed by atoms with E-state index in [0.29, 0.717) is 39.9 Å².